The zero-order valence-electron chi connectivity index (χ0n) is 23.1. The monoisotopic (exact) mass is 554 g/mol. The molecule has 43 heavy (non-hydrogen) atoms. The molecule has 0 saturated carbocycles. The van der Waals surface area contributed by atoms with E-state index in [-0.39, 0.29) is 0 Å². The molecule has 0 fully saturated rings. The maximum atomic E-state index is 12.5. The highest BCUT2D eigenvalue weighted by molar-refractivity contribution is 6.05. The predicted molar refractivity (Wildman–Crippen MR) is 177 cm³/mol. The average Bonchev–Trinajstić information content (AvgIpc) is 3.88. The van der Waals surface area contributed by atoms with Crippen LogP contribution in [0.1, 0.15) is 21.7 Å². The average molecular weight is 555 g/mol. The Morgan fingerprint density at radius 2 is 0.930 bits per heavy atom. The third kappa shape index (κ3) is 4.26. The van der Waals surface area contributed by atoms with E-state index in [1.165, 1.54) is 0 Å². The van der Waals surface area contributed by atoms with E-state index in [1.54, 1.807) is 0 Å². The molecule has 0 spiro atoms. The SMILES string of the molecule is O=Cc1cc2[nH]c1c(-c1ccccc1)c1ccc([nH]1)c(-c1ccccc1)c1ccc([nH]1)c(-c1ccccc1)c1nc2C=C1. The summed E-state index contributed by atoms with van der Waals surface area (Å²) >= 11 is 0. The van der Waals surface area contributed by atoms with E-state index in [9.17, 15) is 4.79 Å². The van der Waals surface area contributed by atoms with E-state index in [0.29, 0.717) is 5.56 Å². The van der Waals surface area contributed by atoms with Crippen molar-refractivity contribution in [2.24, 2.45) is 0 Å². The van der Waals surface area contributed by atoms with Crippen LogP contribution in [0.3, 0.4) is 0 Å². The molecule has 4 aromatic heterocycles. The molecule has 1 aliphatic rings. The lowest BCUT2D eigenvalue weighted by Gasteiger charge is -2.05. The Labute approximate surface area is 247 Å². The maximum absolute atomic E-state index is 12.5. The van der Waals surface area contributed by atoms with E-state index < -0.39 is 0 Å². The molecule has 0 atom stereocenters. The third-order valence-electron chi connectivity index (χ3n) is 8.03. The predicted octanol–water partition coefficient (Wildman–Crippen LogP) is 9.51. The number of H-pyrrole nitrogens is 3. The van der Waals surface area contributed by atoms with Crippen LogP contribution in [0.5, 0.6) is 0 Å². The zero-order chi connectivity index (χ0) is 28.8. The molecule has 5 heterocycles. The van der Waals surface area contributed by atoms with Gasteiger partial charge in [0, 0.05) is 44.3 Å². The van der Waals surface area contributed by atoms with Gasteiger partial charge in [0.25, 0.3) is 0 Å². The number of hydrogen-bond donors (Lipinski definition) is 3. The Balaban J connectivity index is 1.61. The Bertz CT molecular complexity index is 2290. The second-order valence-electron chi connectivity index (χ2n) is 10.6. The fourth-order valence-corrected chi connectivity index (χ4v) is 6.08. The molecule has 1 aliphatic heterocycles. The minimum atomic E-state index is 0.577. The summed E-state index contributed by atoms with van der Waals surface area (Å²) in [7, 11) is 0. The van der Waals surface area contributed by atoms with Crippen LogP contribution in [0, 0.1) is 0 Å². The van der Waals surface area contributed by atoms with Gasteiger partial charge in [-0.15, -0.1) is 0 Å². The summed E-state index contributed by atoms with van der Waals surface area (Å²) in [6, 6.07) is 41.2. The van der Waals surface area contributed by atoms with Crippen LogP contribution in [-0.4, -0.2) is 26.2 Å². The van der Waals surface area contributed by atoms with Crippen LogP contribution < -0.4 is 0 Å². The summed E-state index contributed by atoms with van der Waals surface area (Å²) < 4.78 is 0. The first-order valence-electron chi connectivity index (χ1n) is 14.3. The first-order chi connectivity index (χ1) is 21.3. The van der Waals surface area contributed by atoms with Crippen molar-refractivity contribution in [1.82, 2.24) is 19.9 Å². The first kappa shape index (κ1) is 24.8. The highest BCUT2D eigenvalue weighted by Gasteiger charge is 2.16. The summed E-state index contributed by atoms with van der Waals surface area (Å²) in [6.45, 7) is 0. The van der Waals surface area contributed by atoms with Gasteiger partial charge in [-0.25, -0.2) is 4.98 Å². The first-order valence-corrected chi connectivity index (χ1v) is 14.3. The molecule has 8 rings (SSSR count). The number of nitrogens with one attached hydrogen (secondary N) is 3. The van der Waals surface area contributed by atoms with Crippen LogP contribution in [0.2, 0.25) is 0 Å². The summed E-state index contributed by atoms with van der Waals surface area (Å²) in [5.41, 5.74) is 13.7. The molecule has 8 bridgehead atoms. The van der Waals surface area contributed by atoms with Gasteiger partial charge in [0.15, 0.2) is 6.29 Å². The molecule has 0 amide bonds. The van der Waals surface area contributed by atoms with Crippen molar-refractivity contribution in [1.29, 1.82) is 0 Å². The minimum absolute atomic E-state index is 0.577. The van der Waals surface area contributed by atoms with Crippen LogP contribution >= 0.6 is 0 Å². The Morgan fingerprint density at radius 3 is 1.49 bits per heavy atom. The summed E-state index contributed by atoms with van der Waals surface area (Å²) in [5, 5.41) is 0. The van der Waals surface area contributed by atoms with E-state index >= 15 is 0 Å². The number of benzene rings is 3. The molecular weight excluding hydrogens is 528 g/mol. The van der Waals surface area contributed by atoms with Crippen molar-refractivity contribution < 1.29 is 4.79 Å². The number of hydrogen-bond acceptors (Lipinski definition) is 2. The Hall–Kier alpha value is -5.94. The van der Waals surface area contributed by atoms with Gasteiger partial charge in [0.05, 0.1) is 22.4 Å². The summed E-state index contributed by atoms with van der Waals surface area (Å²) in [6.07, 6.45) is 4.97. The number of carbonyl (C=O) groups is 1. The van der Waals surface area contributed by atoms with Crippen LogP contribution in [0.15, 0.2) is 121 Å². The number of aromatic nitrogens is 4. The fourth-order valence-electron chi connectivity index (χ4n) is 6.08. The Kier molecular flexibility index (Phi) is 5.86. The van der Waals surface area contributed by atoms with Gasteiger partial charge in [-0.05, 0) is 59.2 Å². The number of fused-ring (bicyclic) bond motifs is 9. The number of rotatable bonds is 4. The van der Waals surface area contributed by atoms with E-state index in [2.05, 4.69) is 87.7 Å². The van der Waals surface area contributed by atoms with E-state index in [4.69, 9.17) is 4.98 Å². The van der Waals surface area contributed by atoms with Gasteiger partial charge in [-0.2, -0.15) is 0 Å². The van der Waals surface area contributed by atoms with Crippen molar-refractivity contribution in [2.75, 3.05) is 0 Å². The highest BCUT2D eigenvalue weighted by Crippen LogP contribution is 2.36. The van der Waals surface area contributed by atoms with Gasteiger partial charge in [0.1, 0.15) is 0 Å². The molecule has 0 radical (unpaired) electrons. The second kappa shape index (κ2) is 10.2. The number of nitrogens with zero attached hydrogens (tertiary/aromatic N) is 1. The molecule has 3 aromatic carbocycles. The lowest BCUT2D eigenvalue weighted by molar-refractivity contribution is 0.112. The van der Waals surface area contributed by atoms with Crippen molar-refractivity contribution in [2.45, 2.75) is 0 Å². The van der Waals surface area contributed by atoms with Gasteiger partial charge in [0.2, 0.25) is 0 Å². The second-order valence-corrected chi connectivity index (χ2v) is 10.6. The van der Waals surface area contributed by atoms with E-state index in [0.717, 1.165) is 84.2 Å². The van der Waals surface area contributed by atoms with Gasteiger partial charge in [-0.1, -0.05) is 91.0 Å². The standard InChI is InChI=1S/C38H26N4O/c43-23-27-22-34-28-16-17-29(39-28)35(24-10-4-1-5-11-24)30-18-19-31(40-30)36(25-12-6-2-7-13-25)32-20-21-33(41-32)37(38(27)42-34)26-14-8-3-9-15-26/h1-23,40-42H. The van der Waals surface area contributed by atoms with Crippen molar-refractivity contribution in [3.63, 3.8) is 0 Å². The minimum Gasteiger partial charge on any atom is -0.354 e. The van der Waals surface area contributed by atoms with Gasteiger partial charge >= 0.3 is 0 Å². The van der Waals surface area contributed by atoms with Crippen LogP contribution in [-0.2, 0) is 0 Å². The molecule has 5 heteroatoms. The highest BCUT2D eigenvalue weighted by atomic mass is 16.1. The number of aromatic amines is 3. The number of carbonyl (C=O) groups excluding carboxylic acids is 1. The Morgan fingerprint density at radius 1 is 0.465 bits per heavy atom. The van der Waals surface area contributed by atoms with Gasteiger partial charge in [-0.3, -0.25) is 4.79 Å². The molecule has 0 unspecified atom stereocenters. The molecule has 3 N–H and O–H groups in total. The molecule has 0 saturated heterocycles. The topological polar surface area (TPSA) is 77.3 Å². The number of aldehydes is 1. The van der Waals surface area contributed by atoms with Gasteiger partial charge < -0.3 is 15.0 Å². The van der Waals surface area contributed by atoms with E-state index in [1.807, 2.05) is 60.7 Å². The maximum Gasteiger partial charge on any atom is 0.152 e. The van der Waals surface area contributed by atoms with Crippen LogP contribution in [0.25, 0.3) is 78.6 Å². The molecule has 5 nitrogen and oxygen atoms in total. The molecule has 7 aromatic rings. The van der Waals surface area contributed by atoms with Crippen molar-refractivity contribution >= 4 is 51.5 Å². The molecule has 0 aliphatic carbocycles. The summed E-state index contributed by atoms with van der Waals surface area (Å²) in [5.74, 6) is 0. The van der Waals surface area contributed by atoms with Crippen molar-refractivity contribution in [3.8, 4) is 33.4 Å². The summed E-state index contributed by atoms with van der Waals surface area (Å²) in [4.78, 5) is 28.6. The third-order valence-corrected chi connectivity index (χ3v) is 8.03. The fraction of sp³-hybridized carbons (Fsp3) is 0. The van der Waals surface area contributed by atoms with Crippen LogP contribution in [0.4, 0.5) is 0 Å². The quantitative estimate of drug-likeness (QED) is 0.189. The molecular formula is C38H26N4O. The lowest BCUT2D eigenvalue weighted by atomic mass is 10.0. The lowest BCUT2D eigenvalue weighted by Crippen LogP contribution is -1.85. The molecule has 204 valence electrons. The largest absolute Gasteiger partial charge is 0.354 e. The normalized spacial score (nSPS) is 11.7. The smallest absolute Gasteiger partial charge is 0.152 e. The zero-order valence-corrected chi connectivity index (χ0v) is 23.1. The van der Waals surface area contributed by atoms with Crippen molar-refractivity contribution in [3.05, 3.63) is 138 Å².